The Morgan fingerprint density at radius 1 is 1.47 bits per heavy atom. The highest BCUT2D eigenvalue weighted by molar-refractivity contribution is 5.98. The number of benzene rings is 1. The van der Waals surface area contributed by atoms with Crippen LogP contribution >= 0.6 is 0 Å². The number of carbonyl (C=O) groups is 1. The van der Waals surface area contributed by atoms with Gasteiger partial charge in [0.15, 0.2) is 11.5 Å². The Labute approximate surface area is 112 Å². The average molecular weight is 262 g/mol. The Kier molecular flexibility index (Phi) is 2.59. The molecule has 2 atom stereocenters. The van der Waals surface area contributed by atoms with Gasteiger partial charge < -0.3 is 20.5 Å². The fraction of sp³-hybridized carbons (Fsp3) is 0.500. The number of fused-ring (bicyclic) bond motifs is 1. The molecule has 1 heterocycles. The summed E-state index contributed by atoms with van der Waals surface area (Å²) in [6.07, 6.45) is 1.96. The Morgan fingerprint density at radius 3 is 2.79 bits per heavy atom. The van der Waals surface area contributed by atoms with Crippen LogP contribution in [0.4, 0.5) is 11.4 Å². The number of anilines is 2. The lowest BCUT2D eigenvalue weighted by molar-refractivity contribution is -0.118. The van der Waals surface area contributed by atoms with Gasteiger partial charge in [0.1, 0.15) is 0 Å². The van der Waals surface area contributed by atoms with Gasteiger partial charge >= 0.3 is 0 Å². The number of carbonyl (C=O) groups excluding carboxylic acids is 1. The SMILES string of the molecule is CCC1(C)CC1C(=O)Nc1cc2c(cc1N)OCO2. The van der Waals surface area contributed by atoms with E-state index in [9.17, 15) is 4.79 Å². The lowest BCUT2D eigenvalue weighted by Crippen LogP contribution is -2.18. The number of nitrogen functional groups attached to an aromatic ring is 1. The number of ether oxygens (including phenoxy) is 2. The van der Waals surface area contributed by atoms with Crippen LogP contribution in [-0.2, 0) is 4.79 Å². The zero-order chi connectivity index (χ0) is 13.6. The van der Waals surface area contributed by atoms with Gasteiger partial charge in [-0.15, -0.1) is 0 Å². The van der Waals surface area contributed by atoms with Crippen molar-refractivity contribution in [2.75, 3.05) is 17.8 Å². The monoisotopic (exact) mass is 262 g/mol. The average Bonchev–Trinajstić information content (AvgIpc) is 2.87. The summed E-state index contributed by atoms with van der Waals surface area (Å²) in [5.41, 5.74) is 7.15. The van der Waals surface area contributed by atoms with Crippen molar-refractivity contribution in [3.8, 4) is 11.5 Å². The number of rotatable bonds is 3. The van der Waals surface area contributed by atoms with Crippen LogP contribution in [0.3, 0.4) is 0 Å². The van der Waals surface area contributed by atoms with E-state index in [2.05, 4.69) is 19.2 Å². The molecule has 1 aromatic rings. The summed E-state index contributed by atoms with van der Waals surface area (Å²) >= 11 is 0. The van der Waals surface area contributed by atoms with E-state index < -0.39 is 0 Å². The van der Waals surface area contributed by atoms with Crippen molar-refractivity contribution in [1.29, 1.82) is 0 Å². The molecule has 0 spiro atoms. The molecule has 19 heavy (non-hydrogen) atoms. The van der Waals surface area contributed by atoms with E-state index in [1.165, 1.54) is 0 Å². The fourth-order valence-electron chi connectivity index (χ4n) is 2.49. The molecule has 0 saturated heterocycles. The van der Waals surface area contributed by atoms with Gasteiger partial charge in [-0.2, -0.15) is 0 Å². The number of hydrogen-bond donors (Lipinski definition) is 2. The first-order valence-corrected chi connectivity index (χ1v) is 6.53. The molecule has 0 bridgehead atoms. The van der Waals surface area contributed by atoms with E-state index in [4.69, 9.17) is 15.2 Å². The number of nitrogens with two attached hydrogens (primary N) is 1. The summed E-state index contributed by atoms with van der Waals surface area (Å²) < 4.78 is 10.5. The predicted octanol–water partition coefficient (Wildman–Crippen LogP) is 2.37. The molecule has 3 rings (SSSR count). The Hall–Kier alpha value is -1.91. The third kappa shape index (κ3) is 1.99. The first kappa shape index (κ1) is 12.1. The van der Waals surface area contributed by atoms with Crippen LogP contribution in [0, 0.1) is 11.3 Å². The molecule has 1 amide bonds. The maximum absolute atomic E-state index is 12.2. The molecule has 1 fully saturated rings. The molecule has 5 nitrogen and oxygen atoms in total. The van der Waals surface area contributed by atoms with Crippen molar-refractivity contribution in [1.82, 2.24) is 0 Å². The molecule has 0 radical (unpaired) electrons. The molecule has 2 aliphatic rings. The maximum atomic E-state index is 12.2. The van der Waals surface area contributed by atoms with Gasteiger partial charge in [0.2, 0.25) is 12.7 Å². The largest absolute Gasteiger partial charge is 0.454 e. The minimum Gasteiger partial charge on any atom is -0.454 e. The molecule has 0 aromatic heterocycles. The summed E-state index contributed by atoms with van der Waals surface area (Å²) in [4.78, 5) is 12.2. The van der Waals surface area contributed by atoms with Gasteiger partial charge in [-0.1, -0.05) is 13.8 Å². The van der Waals surface area contributed by atoms with E-state index in [1.54, 1.807) is 12.1 Å². The molecule has 5 heteroatoms. The third-order valence-corrected chi connectivity index (χ3v) is 4.28. The van der Waals surface area contributed by atoms with Crippen LogP contribution in [0.15, 0.2) is 12.1 Å². The molecular formula is C14H18N2O3. The van der Waals surface area contributed by atoms with Gasteiger partial charge in [0.05, 0.1) is 11.4 Å². The van der Waals surface area contributed by atoms with Crippen molar-refractivity contribution in [2.45, 2.75) is 26.7 Å². The van der Waals surface area contributed by atoms with E-state index in [0.717, 1.165) is 12.8 Å². The lowest BCUT2D eigenvalue weighted by Gasteiger charge is -2.11. The summed E-state index contributed by atoms with van der Waals surface area (Å²) in [6.45, 7) is 4.45. The standard InChI is InChI=1S/C14H18N2O3/c1-3-14(2)6-8(14)13(17)16-10-5-12-11(4-9(10)15)18-7-19-12/h4-5,8H,3,6-7,15H2,1-2H3,(H,16,17). The van der Waals surface area contributed by atoms with Crippen LogP contribution in [0.1, 0.15) is 26.7 Å². The molecule has 3 N–H and O–H groups in total. The summed E-state index contributed by atoms with van der Waals surface area (Å²) in [5.74, 6) is 1.37. The highest BCUT2D eigenvalue weighted by Crippen LogP contribution is 2.55. The third-order valence-electron chi connectivity index (χ3n) is 4.28. The van der Waals surface area contributed by atoms with Crippen LogP contribution in [-0.4, -0.2) is 12.7 Å². The molecule has 102 valence electrons. The Morgan fingerprint density at radius 2 is 2.16 bits per heavy atom. The second kappa shape index (κ2) is 4.05. The van der Waals surface area contributed by atoms with Gasteiger partial charge in [0.25, 0.3) is 0 Å². The highest BCUT2D eigenvalue weighted by atomic mass is 16.7. The summed E-state index contributed by atoms with van der Waals surface area (Å²) in [5, 5.41) is 2.89. The Bertz CT molecular complexity index is 544. The van der Waals surface area contributed by atoms with Gasteiger partial charge in [-0.3, -0.25) is 4.79 Å². The predicted molar refractivity (Wildman–Crippen MR) is 72.1 cm³/mol. The zero-order valence-corrected chi connectivity index (χ0v) is 11.2. The van der Waals surface area contributed by atoms with Crippen LogP contribution in [0.25, 0.3) is 0 Å². The fourth-order valence-corrected chi connectivity index (χ4v) is 2.49. The van der Waals surface area contributed by atoms with Crippen molar-refractivity contribution < 1.29 is 14.3 Å². The zero-order valence-electron chi connectivity index (χ0n) is 11.2. The Balaban J connectivity index is 1.76. The second-order valence-corrected chi connectivity index (χ2v) is 5.55. The van der Waals surface area contributed by atoms with Gasteiger partial charge in [-0.05, 0) is 18.3 Å². The summed E-state index contributed by atoms with van der Waals surface area (Å²) in [6, 6.07) is 3.41. The topological polar surface area (TPSA) is 73.6 Å². The van der Waals surface area contributed by atoms with Gasteiger partial charge in [0, 0.05) is 18.1 Å². The minimum absolute atomic E-state index is 0.0370. The van der Waals surface area contributed by atoms with E-state index in [0.29, 0.717) is 22.9 Å². The van der Waals surface area contributed by atoms with Crippen molar-refractivity contribution in [2.24, 2.45) is 11.3 Å². The van der Waals surface area contributed by atoms with E-state index in [1.807, 2.05) is 0 Å². The maximum Gasteiger partial charge on any atom is 0.231 e. The minimum atomic E-state index is 0.0370. The van der Waals surface area contributed by atoms with Crippen molar-refractivity contribution in [3.05, 3.63) is 12.1 Å². The molecule has 1 aliphatic carbocycles. The van der Waals surface area contributed by atoms with Crippen LogP contribution < -0.4 is 20.5 Å². The van der Waals surface area contributed by atoms with Crippen molar-refractivity contribution >= 4 is 17.3 Å². The summed E-state index contributed by atoms with van der Waals surface area (Å²) in [7, 11) is 0. The first-order chi connectivity index (χ1) is 9.03. The smallest absolute Gasteiger partial charge is 0.231 e. The normalized spacial score (nSPS) is 27.2. The second-order valence-electron chi connectivity index (χ2n) is 5.55. The van der Waals surface area contributed by atoms with Crippen molar-refractivity contribution in [3.63, 3.8) is 0 Å². The number of amides is 1. The first-order valence-electron chi connectivity index (χ1n) is 6.53. The molecular weight excluding hydrogens is 244 g/mol. The number of nitrogens with one attached hydrogen (secondary N) is 1. The molecule has 1 aliphatic heterocycles. The quantitative estimate of drug-likeness (QED) is 0.820. The highest BCUT2D eigenvalue weighted by Gasteiger charge is 2.52. The number of hydrogen-bond acceptors (Lipinski definition) is 4. The molecule has 1 saturated carbocycles. The molecule has 1 aromatic carbocycles. The van der Waals surface area contributed by atoms with Crippen LogP contribution in [0.2, 0.25) is 0 Å². The van der Waals surface area contributed by atoms with Gasteiger partial charge in [-0.25, -0.2) is 0 Å². The lowest BCUT2D eigenvalue weighted by atomic mass is 10.0. The van der Waals surface area contributed by atoms with E-state index in [-0.39, 0.29) is 24.0 Å². The molecule has 2 unspecified atom stereocenters. The van der Waals surface area contributed by atoms with E-state index >= 15 is 0 Å². The van der Waals surface area contributed by atoms with Crippen LogP contribution in [0.5, 0.6) is 11.5 Å².